The average molecular weight is 267 g/mol. The number of thiophene rings is 1. The summed E-state index contributed by atoms with van der Waals surface area (Å²) < 4.78 is 0. The zero-order chi connectivity index (χ0) is 12.3. The summed E-state index contributed by atoms with van der Waals surface area (Å²) in [5, 5.41) is 4.18. The Balaban J connectivity index is 2.39. The summed E-state index contributed by atoms with van der Waals surface area (Å²) >= 11 is 8.01. The standard InChI is InChI=1S/C13H15ClN2S/c1-3-16-13(12-5-4-9(2)17-12)10-6-7-15-8-11(10)14/h4-8,13,16H,3H2,1-2H3. The van der Waals surface area contributed by atoms with Crippen molar-refractivity contribution in [3.63, 3.8) is 0 Å². The quantitative estimate of drug-likeness (QED) is 0.910. The topological polar surface area (TPSA) is 24.9 Å². The molecule has 0 spiro atoms. The molecular weight excluding hydrogens is 252 g/mol. The molecule has 0 saturated carbocycles. The second kappa shape index (κ2) is 5.63. The molecule has 0 fully saturated rings. The van der Waals surface area contributed by atoms with Crippen molar-refractivity contribution in [3.05, 3.63) is 50.9 Å². The number of pyridine rings is 1. The molecule has 2 aromatic rings. The van der Waals surface area contributed by atoms with Gasteiger partial charge in [0.25, 0.3) is 0 Å². The summed E-state index contributed by atoms with van der Waals surface area (Å²) in [5.41, 5.74) is 1.09. The van der Waals surface area contributed by atoms with Gasteiger partial charge < -0.3 is 5.32 Å². The summed E-state index contributed by atoms with van der Waals surface area (Å²) in [6.07, 6.45) is 3.48. The van der Waals surface area contributed by atoms with Crippen molar-refractivity contribution < 1.29 is 0 Å². The van der Waals surface area contributed by atoms with Gasteiger partial charge >= 0.3 is 0 Å². The second-order valence-electron chi connectivity index (χ2n) is 3.84. The van der Waals surface area contributed by atoms with Gasteiger partial charge in [-0.1, -0.05) is 18.5 Å². The van der Waals surface area contributed by atoms with Crippen molar-refractivity contribution in [3.8, 4) is 0 Å². The normalized spacial score (nSPS) is 12.6. The van der Waals surface area contributed by atoms with Gasteiger partial charge in [0.1, 0.15) is 0 Å². The number of rotatable bonds is 4. The number of nitrogens with zero attached hydrogens (tertiary/aromatic N) is 1. The van der Waals surface area contributed by atoms with E-state index in [1.54, 1.807) is 23.7 Å². The van der Waals surface area contributed by atoms with Crippen molar-refractivity contribution in [2.75, 3.05) is 6.54 Å². The van der Waals surface area contributed by atoms with Crippen LogP contribution in [0.25, 0.3) is 0 Å². The van der Waals surface area contributed by atoms with Crippen LogP contribution in [0.3, 0.4) is 0 Å². The lowest BCUT2D eigenvalue weighted by Gasteiger charge is -2.17. The number of hydrogen-bond acceptors (Lipinski definition) is 3. The van der Waals surface area contributed by atoms with E-state index in [1.165, 1.54) is 9.75 Å². The van der Waals surface area contributed by atoms with Crippen LogP contribution in [0.1, 0.15) is 28.3 Å². The molecule has 0 aliphatic heterocycles. The zero-order valence-corrected chi connectivity index (χ0v) is 11.5. The van der Waals surface area contributed by atoms with Gasteiger partial charge in [-0.2, -0.15) is 0 Å². The van der Waals surface area contributed by atoms with Crippen LogP contribution in [-0.2, 0) is 0 Å². The molecule has 0 saturated heterocycles. The Kier molecular flexibility index (Phi) is 4.15. The van der Waals surface area contributed by atoms with E-state index in [-0.39, 0.29) is 6.04 Å². The molecule has 1 N–H and O–H groups in total. The molecule has 0 amide bonds. The SMILES string of the molecule is CCNC(c1ccc(C)s1)c1ccncc1Cl. The smallest absolute Gasteiger partial charge is 0.0686 e. The van der Waals surface area contributed by atoms with Crippen molar-refractivity contribution in [1.82, 2.24) is 10.3 Å². The van der Waals surface area contributed by atoms with Gasteiger partial charge in [-0.05, 0) is 37.2 Å². The highest BCUT2D eigenvalue weighted by Crippen LogP contribution is 2.31. The lowest BCUT2D eigenvalue weighted by atomic mass is 10.1. The first kappa shape index (κ1) is 12.6. The number of aromatic nitrogens is 1. The Hall–Kier alpha value is -0.900. The van der Waals surface area contributed by atoms with Crippen LogP contribution in [0.2, 0.25) is 5.02 Å². The molecule has 2 nitrogen and oxygen atoms in total. The minimum absolute atomic E-state index is 0.161. The van der Waals surface area contributed by atoms with Crippen molar-refractivity contribution >= 4 is 22.9 Å². The van der Waals surface area contributed by atoms with E-state index in [2.05, 4.69) is 36.3 Å². The van der Waals surface area contributed by atoms with E-state index in [0.717, 1.165) is 12.1 Å². The van der Waals surface area contributed by atoms with Gasteiger partial charge in [-0.15, -0.1) is 11.3 Å². The van der Waals surface area contributed by atoms with Crippen molar-refractivity contribution in [2.24, 2.45) is 0 Å². The Labute approximate surface area is 111 Å². The molecule has 2 heterocycles. The minimum atomic E-state index is 0.161. The average Bonchev–Trinajstić information content (AvgIpc) is 2.74. The summed E-state index contributed by atoms with van der Waals surface area (Å²) in [6.45, 7) is 5.12. The zero-order valence-electron chi connectivity index (χ0n) is 9.90. The van der Waals surface area contributed by atoms with Crippen LogP contribution in [0.15, 0.2) is 30.6 Å². The number of nitrogens with one attached hydrogen (secondary N) is 1. The van der Waals surface area contributed by atoms with E-state index in [4.69, 9.17) is 11.6 Å². The molecule has 4 heteroatoms. The maximum atomic E-state index is 6.21. The van der Waals surface area contributed by atoms with Crippen LogP contribution in [0.4, 0.5) is 0 Å². The number of halogens is 1. The predicted octanol–water partition coefficient (Wildman–Crippen LogP) is 3.80. The molecule has 0 radical (unpaired) electrons. The lowest BCUT2D eigenvalue weighted by molar-refractivity contribution is 0.639. The molecule has 0 bridgehead atoms. The van der Waals surface area contributed by atoms with Crippen molar-refractivity contribution in [2.45, 2.75) is 19.9 Å². The summed E-state index contributed by atoms with van der Waals surface area (Å²) in [7, 11) is 0. The lowest BCUT2D eigenvalue weighted by Crippen LogP contribution is -2.21. The van der Waals surface area contributed by atoms with E-state index >= 15 is 0 Å². The maximum absolute atomic E-state index is 6.21. The fourth-order valence-electron chi connectivity index (χ4n) is 1.80. The molecule has 0 aromatic carbocycles. The molecule has 0 aliphatic carbocycles. The minimum Gasteiger partial charge on any atom is -0.306 e. The maximum Gasteiger partial charge on any atom is 0.0686 e. The molecular formula is C13H15ClN2S. The molecule has 0 aliphatic rings. The second-order valence-corrected chi connectivity index (χ2v) is 5.56. The van der Waals surface area contributed by atoms with Crippen LogP contribution in [-0.4, -0.2) is 11.5 Å². The van der Waals surface area contributed by atoms with E-state index in [9.17, 15) is 0 Å². The van der Waals surface area contributed by atoms with Crippen LogP contribution < -0.4 is 5.32 Å². The van der Waals surface area contributed by atoms with E-state index in [0.29, 0.717) is 5.02 Å². The summed E-state index contributed by atoms with van der Waals surface area (Å²) in [6, 6.07) is 6.43. The summed E-state index contributed by atoms with van der Waals surface area (Å²) in [4.78, 5) is 6.63. The Morgan fingerprint density at radius 3 is 2.82 bits per heavy atom. The highest BCUT2D eigenvalue weighted by molar-refractivity contribution is 7.12. The largest absolute Gasteiger partial charge is 0.306 e. The third kappa shape index (κ3) is 2.86. The summed E-state index contributed by atoms with van der Waals surface area (Å²) in [5.74, 6) is 0. The van der Waals surface area contributed by atoms with Gasteiger partial charge in [0.05, 0.1) is 11.1 Å². The van der Waals surface area contributed by atoms with Gasteiger partial charge in [-0.25, -0.2) is 0 Å². The fourth-order valence-corrected chi connectivity index (χ4v) is 3.00. The molecule has 2 rings (SSSR count). The van der Waals surface area contributed by atoms with E-state index in [1.807, 2.05) is 6.07 Å². The first-order chi connectivity index (χ1) is 8.22. The van der Waals surface area contributed by atoms with Gasteiger partial charge in [-0.3, -0.25) is 4.98 Å². The van der Waals surface area contributed by atoms with Crippen LogP contribution in [0.5, 0.6) is 0 Å². The van der Waals surface area contributed by atoms with Gasteiger partial charge in [0.2, 0.25) is 0 Å². The number of aryl methyl sites for hydroxylation is 1. The Bertz CT molecular complexity index is 496. The first-order valence-corrected chi connectivity index (χ1v) is 6.81. The Morgan fingerprint density at radius 2 is 2.24 bits per heavy atom. The first-order valence-electron chi connectivity index (χ1n) is 5.61. The molecule has 1 unspecified atom stereocenters. The van der Waals surface area contributed by atoms with E-state index < -0.39 is 0 Å². The monoisotopic (exact) mass is 266 g/mol. The van der Waals surface area contributed by atoms with Gasteiger partial charge in [0, 0.05) is 22.1 Å². The predicted molar refractivity (Wildman–Crippen MR) is 73.8 cm³/mol. The molecule has 1 atom stereocenters. The highest BCUT2D eigenvalue weighted by Gasteiger charge is 2.17. The molecule has 17 heavy (non-hydrogen) atoms. The third-order valence-electron chi connectivity index (χ3n) is 2.57. The fraction of sp³-hybridized carbons (Fsp3) is 0.308. The van der Waals surface area contributed by atoms with Crippen molar-refractivity contribution in [1.29, 1.82) is 0 Å². The molecule has 2 aromatic heterocycles. The van der Waals surface area contributed by atoms with Crippen LogP contribution in [0, 0.1) is 6.92 Å². The number of hydrogen-bond donors (Lipinski definition) is 1. The highest BCUT2D eigenvalue weighted by atomic mass is 35.5. The van der Waals surface area contributed by atoms with Gasteiger partial charge in [0.15, 0.2) is 0 Å². The third-order valence-corrected chi connectivity index (χ3v) is 3.95. The van der Waals surface area contributed by atoms with Crippen LogP contribution >= 0.6 is 22.9 Å². The Morgan fingerprint density at radius 1 is 1.41 bits per heavy atom. The molecule has 90 valence electrons.